The number of ether oxygens (including phenoxy) is 1. The van der Waals surface area contributed by atoms with Gasteiger partial charge in [0, 0.05) is 52.8 Å². The van der Waals surface area contributed by atoms with Gasteiger partial charge in [0.25, 0.3) is 0 Å². The zero-order chi connectivity index (χ0) is 41.8. The summed E-state index contributed by atoms with van der Waals surface area (Å²) in [5, 5.41) is 2.32. The lowest BCUT2D eigenvalue weighted by Gasteiger charge is -2.24. The first-order valence-electron chi connectivity index (χ1n) is 21.0. The Morgan fingerprint density at radius 1 is 0.475 bits per heavy atom. The van der Waals surface area contributed by atoms with Crippen molar-refractivity contribution in [3.05, 3.63) is 204 Å². The Morgan fingerprint density at radius 3 is 1.87 bits per heavy atom. The van der Waals surface area contributed by atoms with Crippen molar-refractivity contribution in [3.8, 4) is 50.7 Å². The number of aryl methyl sites for hydroxylation is 6. The lowest BCUT2D eigenvalue weighted by atomic mass is 9.93. The van der Waals surface area contributed by atoms with Crippen LogP contribution in [-0.4, -0.2) is 16.2 Å². The molecule has 0 bridgehead atoms. The van der Waals surface area contributed by atoms with Crippen molar-refractivity contribution >= 4 is 33.2 Å². The molecule has 0 fully saturated rings. The van der Waals surface area contributed by atoms with Crippen LogP contribution in [0.1, 0.15) is 33.4 Å². The topological polar surface area (TPSA) is 33.5 Å². The lowest BCUT2D eigenvalue weighted by Crippen LogP contribution is -2.24. The van der Waals surface area contributed by atoms with Gasteiger partial charge in [-0.25, -0.2) is 4.98 Å². The zero-order valence-corrected chi connectivity index (χ0v) is 35.6. The zero-order valence-electron chi connectivity index (χ0n) is 35.6. The van der Waals surface area contributed by atoms with E-state index in [1.165, 1.54) is 72.3 Å². The van der Waals surface area contributed by atoms with E-state index < -0.39 is 0 Å². The average Bonchev–Trinajstić information content (AvgIpc) is 3.87. The van der Waals surface area contributed by atoms with Crippen molar-refractivity contribution in [2.75, 3.05) is 16.5 Å². The van der Waals surface area contributed by atoms with Gasteiger partial charge in [0.1, 0.15) is 17.3 Å². The molecule has 7 aromatic carbocycles. The van der Waals surface area contributed by atoms with Crippen molar-refractivity contribution in [1.82, 2.24) is 9.55 Å². The molecule has 0 unspecified atom stereocenters. The maximum Gasteiger partial charge on any atom is 0.138 e. The molecule has 61 heavy (non-hydrogen) atoms. The fraction of sp³-hybridized carbons (Fsp3) is 0.125. The smallest absolute Gasteiger partial charge is 0.138 e. The van der Waals surface area contributed by atoms with E-state index in [0.717, 1.165) is 45.0 Å². The standard InChI is InChI=1S/C56H48N4O/c1-36-27-38(3)55(39(4)28-36)43-19-22-52-50(31-43)49-21-20-47(34-53(49)60(52)54-32-44(23-24-57-54)56-40(5)29-37(2)30-41(56)6)61-46-16-12-15-45(33-46)58-25-26-59(35-58)51-18-11-10-17-48(51)42-13-8-7-9-14-42/h7-34H,35H2,1-6H3. The van der Waals surface area contributed by atoms with Gasteiger partial charge in [-0.2, -0.15) is 0 Å². The van der Waals surface area contributed by atoms with Crippen molar-refractivity contribution in [1.29, 1.82) is 0 Å². The number of anilines is 2. The second-order valence-corrected chi connectivity index (χ2v) is 16.6. The maximum absolute atomic E-state index is 6.74. The Kier molecular flexibility index (Phi) is 9.52. The van der Waals surface area contributed by atoms with Crippen LogP contribution in [0.3, 0.4) is 0 Å². The third-order valence-corrected chi connectivity index (χ3v) is 12.1. The molecule has 5 heteroatoms. The molecule has 0 spiro atoms. The van der Waals surface area contributed by atoms with Crippen LogP contribution in [-0.2, 0) is 0 Å². The van der Waals surface area contributed by atoms with Crippen molar-refractivity contribution in [2.45, 2.75) is 41.5 Å². The Labute approximate surface area is 358 Å². The fourth-order valence-corrected chi connectivity index (χ4v) is 9.62. The van der Waals surface area contributed by atoms with Crippen LogP contribution in [0.15, 0.2) is 170 Å². The van der Waals surface area contributed by atoms with Gasteiger partial charge >= 0.3 is 0 Å². The Balaban J connectivity index is 1.03. The van der Waals surface area contributed by atoms with Crippen LogP contribution in [0.4, 0.5) is 11.4 Å². The van der Waals surface area contributed by atoms with Crippen LogP contribution in [0.25, 0.3) is 61.0 Å². The fourth-order valence-electron chi connectivity index (χ4n) is 9.62. The Morgan fingerprint density at radius 2 is 1.13 bits per heavy atom. The summed E-state index contributed by atoms with van der Waals surface area (Å²) in [5.74, 6) is 2.40. The van der Waals surface area contributed by atoms with E-state index in [1.807, 2.05) is 12.3 Å². The van der Waals surface area contributed by atoms with E-state index >= 15 is 0 Å². The SMILES string of the molecule is Cc1cc(C)c(-c2ccnc(-n3c4ccc(-c5c(C)cc(C)cc5C)cc4c4ccc(Oc5cccc(N6C=CN(c7ccccc7-c7ccccc7)C6)c5)cc43)c2)c(C)c1. The Hall–Kier alpha value is -7.37. The highest BCUT2D eigenvalue weighted by Crippen LogP contribution is 2.40. The number of para-hydroxylation sites is 1. The van der Waals surface area contributed by atoms with E-state index in [-0.39, 0.29) is 0 Å². The van der Waals surface area contributed by atoms with Crippen molar-refractivity contribution in [3.63, 3.8) is 0 Å². The summed E-state index contributed by atoms with van der Waals surface area (Å²) in [6.07, 6.45) is 6.23. The monoisotopic (exact) mass is 792 g/mol. The number of rotatable bonds is 8. The summed E-state index contributed by atoms with van der Waals surface area (Å²) < 4.78 is 9.03. The van der Waals surface area contributed by atoms with Crippen LogP contribution in [0, 0.1) is 41.5 Å². The van der Waals surface area contributed by atoms with Gasteiger partial charge in [-0.1, -0.05) is 96.1 Å². The third kappa shape index (κ3) is 7.02. The number of fused-ring (bicyclic) bond motifs is 3. The highest BCUT2D eigenvalue weighted by molar-refractivity contribution is 6.11. The molecule has 0 radical (unpaired) electrons. The molecule has 9 aromatic rings. The molecule has 0 amide bonds. The summed E-state index contributed by atoms with van der Waals surface area (Å²) in [6.45, 7) is 13.9. The van der Waals surface area contributed by atoms with Gasteiger partial charge in [0.15, 0.2) is 0 Å². The molecule has 1 aliphatic rings. The summed E-state index contributed by atoms with van der Waals surface area (Å²) in [7, 11) is 0. The molecule has 10 rings (SSSR count). The predicted octanol–water partition coefficient (Wildman–Crippen LogP) is 14.6. The van der Waals surface area contributed by atoms with Gasteiger partial charge in [-0.3, -0.25) is 4.57 Å². The van der Waals surface area contributed by atoms with Gasteiger partial charge in [-0.15, -0.1) is 0 Å². The largest absolute Gasteiger partial charge is 0.457 e. The summed E-state index contributed by atoms with van der Waals surface area (Å²) in [5.41, 5.74) is 19.3. The van der Waals surface area contributed by atoms with E-state index in [9.17, 15) is 0 Å². The summed E-state index contributed by atoms with van der Waals surface area (Å²) >= 11 is 0. The third-order valence-electron chi connectivity index (χ3n) is 12.1. The van der Waals surface area contributed by atoms with Crippen LogP contribution >= 0.6 is 0 Å². The molecule has 0 aliphatic carbocycles. The average molecular weight is 793 g/mol. The van der Waals surface area contributed by atoms with Gasteiger partial charge in [0.05, 0.1) is 23.4 Å². The van der Waals surface area contributed by atoms with E-state index in [0.29, 0.717) is 6.67 Å². The highest BCUT2D eigenvalue weighted by Gasteiger charge is 2.21. The van der Waals surface area contributed by atoms with Gasteiger partial charge in [0.2, 0.25) is 0 Å². The number of aromatic nitrogens is 2. The van der Waals surface area contributed by atoms with Crippen molar-refractivity contribution in [2.24, 2.45) is 0 Å². The first-order valence-corrected chi connectivity index (χ1v) is 21.0. The second kappa shape index (κ2) is 15.3. The second-order valence-electron chi connectivity index (χ2n) is 16.6. The first-order chi connectivity index (χ1) is 29.7. The van der Waals surface area contributed by atoms with Crippen LogP contribution in [0.2, 0.25) is 0 Å². The van der Waals surface area contributed by atoms with Gasteiger partial charge < -0.3 is 14.5 Å². The van der Waals surface area contributed by atoms with Crippen molar-refractivity contribution < 1.29 is 4.74 Å². The molecule has 0 saturated heterocycles. The molecule has 3 heterocycles. The summed E-state index contributed by atoms with van der Waals surface area (Å²) in [4.78, 5) is 9.57. The molecule has 0 saturated carbocycles. The predicted molar refractivity (Wildman–Crippen MR) is 255 cm³/mol. The molecule has 0 N–H and O–H groups in total. The van der Waals surface area contributed by atoms with Gasteiger partial charge in [-0.05, 0) is 146 Å². The minimum Gasteiger partial charge on any atom is -0.457 e. The molecule has 2 aromatic heterocycles. The highest BCUT2D eigenvalue weighted by atomic mass is 16.5. The number of hydrogen-bond acceptors (Lipinski definition) is 4. The number of hydrogen-bond donors (Lipinski definition) is 0. The van der Waals surface area contributed by atoms with Crippen LogP contribution in [0.5, 0.6) is 11.5 Å². The molecule has 5 nitrogen and oxygen atoms in total. The minimum atomic E-state index is 0.691. The molecular formula is C56H48N4O. The number of nitrogens with zero attached hydrogens (tertiary/aromatic N) is 4. The maximum atomic E-state index is 6.74. The minimum absolute atomic E-state index is 0.691. The molecular weight excluding hydrogens is 745 g/mol. The number of benzene rings is 7. The lowest BCUT2D eigenvalue weighted by molar-refractivity contribution is 0.483. The molecule has 0 atom stereocenters. The normalized spacial score (nSPS) is 12.6. The molecule has 1 aliphatic heterocycles. The van der Waals surface area contributed by atoms with E-state index in [2.05, 4.69) is 214 Å². The van der Waals surface area contributed by atoms with E-state index in [1.54, 1.807) is 0 Å². The summed E-state index contributed by atoms with van der Waals surface area (Å²) in [6, 6.07) is 54.3. The quantitative estimate of drug-likeness (QED) is 0.153. The van der Waals surface area contributed by atoms with E-state index in [4.69, 9.17) is 9.72 Å². The Bertz CT molecular complexity index is 3130. The molecule has 298 valence electrons. The first kappa shape index (κ1) is 37.9. The number of pyridine rings is 1. The van der Waals surface area contributed by atoms with Crippen LogP contribution < -0.4 is 14.5 Å².